The maximum Gasteiger partial charge on any atom is 0.239 e. The lowest BCUT2D eigenvalue weighted by atomic mass is 10.1. The number of hydrogen-bond acceptors (Lipinski definition) is 2. The van der Waals surface area contributed by atoms with Gasteiger partial charge in [0.15, 0.2) is 0 Å². The van der Waals surface area contributed by atoms with E-state index in [0.29, 0.717) is 13.1 Å². The van der Waals surface area contributed by atoms with Crippen molar-refractivity contribution in [1.82, 2.24) is 10.2 Å². The average Bonchev–Trinajstić information content (AvgIpc) is 2.84. The first kappa shape index (κ1) is 10.5. The Labute approximate surface area is 90.0 Å². The summed E-state index contributed by atoms with van der Waals surface area (Å²) in [6.07, 6.45) is 1.83. The first-order valence-corrected chi connectivity index (χ1v) is 5.56. The van der Waals surface area contributed by atoms with Crippen LogP contribution < -0.4 is 5.32 Å². The molecule has 2 rings (SSSR count). The zero-order chi connectivity index (χ0) is 11.1. The SMILES string of the molecule is CC1(C)CC1C(=O)N1CCCNC(=O)C1. The van der Waals surface area contributed by atoms with Crippen LogP contribution in [-0.4, -0.2) is 36.3 Å². The monoisotopic (exact) mass is 210 g/mol. The van der Waals surface area contributed by atoms with Gasteiger partial charge in [-0.1, -0.05) is 13.8 Å². The van der Waals surface area contributed by atoms with Crippen LogP contribution in [0.1, 0.15) is 26.7 Å². The molecule has 1 heterocycles. The van der Waals surface area contributed by atoms with Crippen LogP contribution in [0, 0.1) is 11.3 Å². The first-order valence-electron chi connectivity index (χ1n) is 5.56. The van der Waals surface area contributed by atoms with Gasteiger partial charge in [0, 0.05) is 19.0 Å². The highest BCUT2D eigenvalue weighted by Crippen LogP contribution is 2.52. The van der Waals surface area contributed by atoms with E-state index >= 15 is 0 Å². The molecule has 2 fully saturated rings. The highest BCUT2D eigenvalue weighted by Gasteiger charge is 2.52. The predicted molar refractivity (Wildman–Crippen MR) is 56.1 cm³/mol. The fourth-order valence-corrected chi connectivity index (χ4v) is 2.10. The molecule has 0 spiro atoms. The first-order chi connectivity index (χ1) is 7.00. The molecule has 2 amide bonds. The van der Waals surface area contributed by atoms with Gasteiger partial charge in [-0.25, -0.2) is 0 Å². The van der Waals surface area contributed by atoms with Crippen LogP contribution in [-0.2, 0) is 9.59 Å². The minimum atomic E-state index is -0.0284. The number of amides is 2. The van der Waals surface area contributed by atoms with Crippen LogP contribution in [0.25, 0.3) is 0 Å². The molecule has 1 atom stereocenters. The van der Waals surface area contributed by atoms with Crippen molar-refractivity contribution in [1.29, 1.82) is 0 Å². The maximum atomic E-state index is 12.0. The third-order valence-corrected chi connectivity index (χ3v) is 3.38. The van der Waals surface area contributed by atoms with E-state index in [-0.39, 0.29) is 29.7 Å². The maximum absolute atomic E-state index is 12.0. The van der Waals surface area contributed by atoms with Crippen molar-refractivity contribution in [3.63, 3.8) is 0 Å². The van der Waals surface area contributed by atoms with Crippen LogP contribution in [0.5, 0.6) is 0 Å². The van der Waals surface area contributed by atoms with Crippen LogP contribution in [0.2, 0.25) is 0 Å². The molecule has 0 radical (unpaired) electrons. The van der Waals surface area contributed by atoms with E-state index in [4.69, 9.17) is 0 Å². The molecular formula is C11H18N2O2. The number of carbonyl (C=O) groups is 2. The predicted octanol–water partition coefficient (Wildman–Crippen LogP) is 0.381. The number of hydrogen-bond donors (Lipinski definition) is 1. The van der Waals surface area contributed by atoms with Crippen LogP contribution in [0.4, 0.5) is 0 Å². The van der Waals surface area contributed by atoms with Crippen LogP contribution >= 0.6 is 0 Å². The Balaban J connectivity index is 1.97. The Hall–Kier alpha value is -1.06. The van der Waals surface area contributed by atoms with Gasteiger partial charge in [-0.15, -0.1) is 0 Å². The molecule has 0 aromatic rings. The fraction of sp³-hybridized carbons (Fsp3) is 0.818. The van der Waals surface area contributed by atoms with Gasteiger partial charge in [0.05, 0.1) is 6.54 Å². The molecule has 1 saturated carbocycles. The number of nitrogens with zero attached hydrogens (tertiary/aromatic N) is 1. The molecule has 1 saturated heterocycles. The molecule has 0 bridgehead atoms. The van der Waals surface area contributed by atoms with E-state index in [1.807, 2.05) is 0 Å². The van der Waals surface area contributed by atoms with Crippen molar-refractivity contribution in [2.24, 2.45) is 11.3 Å². The van der Waals surface area contributed by atoms with Crippen molar-refractivity contribution in [2.75, 3.05) is 19.6 Å². The van der Waals surface area contributed by atoms with Gasteiger partial charge in [0.25, 0.3) is 0 Å². The quantitative estimate of drug-likeness (QED) is 0.680. The van der Waals surface area contributed by atoms with E-state index in [1.165, 1.54) is 0 Å². The minimum absolute atomic E-state index is 0.0284. The second-order valence-electron chi connectivity index (χ2n) is 5.21. The Morgan fingerprint density at radius 3 is 2.80 bits per heavy atom. The normalized spacial score (nSPS) is 29.3. The Bertz CT molecular complexity index is 299. The van der Waals surface area contributed by atoms with Crippen molar-refractivity contribution in [3.05, 3.63) is 0 Å². The molecule has 1 unspecified atom stereocenters. The van der Waals surface area contributed by atoms with Gasteiger partial charge in [0.1, 0.15) is 0 Å². The summed E-state index contributed by atoms with van der Waals surface area (Å²) >= 11 is 0. The van der Waals surface area contributed by atoms with Crippen molar-refractivity contribution >= 4 is 11.8 Å². The summed E-state index contributed by atoms with van der Waals surface area (Å²) in [5.41, 5.74) is 0.153. The molecule has 1 aliphatic carbocycles. The zero-order valence-corrected chi connectivity index (χ0v) is 9.38. The van der Waals surface area contributed by atoms with E-state index in [1.54, 1.807) is 4.90 Å². The zero-order valence-electron chi connectivity index (χ0n) is 9.38. The van der Waals surface area contributed by atoms with Crippen molar-refractivity contribution in [3.8, 4) is 0 Å². The summed E-state index contributed by atoms with van der Waals surface area (Å²) in [6, 6.07) is 0. The van der Waals surface area contributed by atoms with Gasteiger partial charge < -0.3 is 10.2 Å². The molecular weight excluding hydrogens is 192 g/mol. The van der Waals surface area contributed by atoms with Crippen LogP contribution in [0.15, 0.2) is 0 Å². The van der Waals surface area contributed by atoms with E-state index in [9.17, 15) is 9.59 Å². The fourth-order valence-electron chi connectivity index (χ4n) is 2.10. The lowest BCUT2D eigenvalue weighted by Gasteiger charge is -2.19. The molecule has 15 heavy (non-hydrogen) atoms. The lowest BCUT2D eigenvalue weighted by molar-refractivity contribution is -0.136. The summed E-state index contributed by atoms with van der Waals surface area (Å²) in [5.74, 6) is 0.278. The van der Waals surface area contributed by atoms with Crippen molar-refractivity contribution < 1.29 is 9.59 Å². The smallest absolute Gasteiger partial charge is 0.239 e. The van der Waals surface area contributed by atoms with Gasteiger partial charge in [0.2, 0.25) is 11.8 Å². The van der Waals surface area contributed by atoms with Gasteiger partial charge in [-0.2, -0.15) is 0 Å². The summed E-state index contributed by atoms with van der Waals surface area (Å²) in [7, 11) is 0. The van der Waals surface area contributed by atoms with E-state index in [2.05, 4.69) is 19.2 Å². The second kappa shape index (κ2) is 3.51. The summed E-state index contributed by atoms with van der Waals surface area (Å²) in [6.45, 7) is 5.85. The summed E-state index contributed by atoms with van der Waals surface area (Å²) < 4.78 is 0. The second-order valence-corrected chi connectivity index (χ2v) is 5.21. The largest absolute Gasteiger partial charge is 0.354 e. The van der Waals surface area contributed by atoms with Crippen molar-refractivity contribution in [2.45, 2.75) is 26.7 Å². The highest BCUT2D eigenvalue weighted by atomic mass is 16.2. The number of rotatable bonds is 1. The Kier molecular flexibility index (Phi) is 2.44. The third-order valence-electron chi connectivity index (χ3n) is 3.38. The molecule has 1 aliphatic heterocycles. The minimum Gasteiger partial charge on any atom is -0.354 e. The van der Waals surface area contributed by atoms with Crippen LogP contribution in [0.3, 0.4) is 0 Å². The highest BCUT2D eigenvalue weighted by molar-refractivity contribution is 5.88. The lowest BCUT2D eigenvalue weighted by Crippen LogP contribution is -2.38. The Morgan fingerprint density at radius 2 is 2.20 bits per heavy atom. The standard InChI is InChI=1S/C11H18N2O2/c1-11(2)6-8(11)10(15)13-5-3-4-12-9(14)7-13/h8H,3-7H2,1-2H3,(H,12,14). The van der Waals surface area contributed by atoms with Gasteiger partial charge in [-0.05, 0) is 18.3 Å². The summed E-state index contributed by atoms with van der Waals surface area (Å²) in [5, 5.41) is 2.78. The number of nitrogens with one attached hydrogen (secondary N) is 1. The summed E-state index contributed by atoms with van der Waals surface area (Å²) in [4.78, 5) is 25.0. The molecule has 1 N–H and O–H groups in total. The van der Waals surface area contributed by atoms with Gasteiger partial charge >= 0.3 is 0 Å². The van der Waals surface area contributed by atoms with Gasteiger partial charge in [-0.3, -0.25) is 9.59 Å². The molecule has 84 valence electrons. The topological polar surface area (TPSA) is 49.4 Å². The molecule has 4 heteroatoms. The Morgan fingerprint density at radius 1 is 1.53 bits per heavy atom. The van der Waals surface area contributed by atoms with E-state index < -0.39 is 0 Å². The third kappa shape index (κ3) is 2.13. The van der Waals surface area contributed by atoms with E-state index in [0.717, 1.165) is 12.8 Å². The number of carbonyl (C=O) groups excluding carboxylic acids is 2. The molecule has 2 aliphatic rings. The molecule has 0 aromatic heterocycles. The molecule has 4 nitrogen and oxygen atoms in total. The molecule has 0 aromatic carbocycles. The average molecular weight is 210 g/mol.